The molecular formula is C40H35N3S. The fourth-order valence-electron chi connectivity index (χ4n) is 6.01. The first-order valence-electron chi connectivity index (χ1n) is 15.3. The zero-order chi connectivity index (χ0) is 30.2. The Balaban J connectivity index is 1.30. The van der Waals surface area contributed by atoms with E-state index in [1.165, 1.54) is 32.0 Å². The zero-order valence-corrected chi connectivity index (χ0v) is 26.3. The van der Waals surface area contributed by atoms with E-state index in [1.807, 2.05) is 6.20 Å². The highest BCUT2D eigenvalue weighted by atomic mass is 32.2. The van der Waals surface area contributed by atoms with Crippen molar-refractivity contribution in [1.82, 2.24) is 14.5 Å². The van der Waals surface area contributed by atoms with Gasteiger partial charge in [0.25, 0.3) is 0 Å². The van der Waals surface area contributed by atoms with Gasteiger partial charge in [-0.2, -0.15) is 0 Å². The molecule has 216 valence electrons. The van der Waals surface area contributed by atoms with Gasteiger partial charge in [0.1, 0.15) is 5.82 Å². The number of benzene rings is 5. The van der Waals surface area contributed by atoms with Crippen LogP contribution in [-0.2, 0) is 0 Å². The molecule has 0 aliphatic rings. The van der Waals surface area contributed by atoms with Gasteiger partial charge in [-0.05, 0) is 70.8 Å². The summed E-state index contributed by atoms with van der Waals surface area (Å²) in [4.78, 5) is 12.3. The number of hydrogen-bond acceptors (Lipinski definition) is 3. The van der Waals surface area contributed by atoms with Gasteiger partial charge >= 0.3 is 0 Å². The second-order valence-corrected chi connectivity index (χ2v) is 13.1. The SMILES string of the molecule is CC(C)c1cccc(C(C)C)c1-n1c(-c2cccc(Sc3cccc(-c4cc5ccccc5cn4)c3)c2)nc2ccccc21. The summed E-state index contributed by atoms with van der Waals surface area (Å²) in [7, 11) is 0. The van der Waals surface area contributed by atoms with Crippen molar-refractivity contribution in [2.24, 2.45) is 0 Å². The van der Waals surface area contributed by atoms with Crippen LogP contribution in [0.5, 0.6) is 0 Å². The number of para-hydroxylation sites is 3. The number of imidazole rings is 1. The smallest absolute Gasteiger partial charge is 0.145 e. The Bertz CT molecular complexity index is 2100. The molecule has 3 nitrogen and oxygen atoms in total. The highest BCUT2D eigenvalue weighted by Crippen LogP contribution is 2.39. The van der Waals surface area contributed by atoms with Crippen LogP contribution in [0.1, 0.15) is 50.7 Å². The molecule has 2 heterocycles. The van der Waals surface area contributed by atoms with Crippen molar-refractivity contribution in [3.05, 3.63) is 139 Å². The first-order valence-corrected chi connectivity index (χ1v) is 16.1. The second-order valence-electron chi connectivity index (χ2n) is 11.9. The lowest BCUT2D eigenvalue weighted by Crippen LogP contribution is -2.08. The van der Waals surface area contributed by atoms with Crippen LogP contribution < -0.4 is 0 Å². The highest BCUT2D eigenvalue weighted by molar-refractivity contribution is 7.99. The molecule has 0 aliphatic carbocycles. The average molecular weight is 590 g/mol. The topological polar surface area (TPSA) is 30.7 Å². The third-order valence-electron chi connectivity index (χ3n) is 8.22. The molecule has 0 fully saturated rings. The quantitative estimate of drug-likeness (QED) is 0.185. The molecule has 7 rings (SSSR count). The zero-order valence-electron chi connectivity index (χ0n) is 25.5. The van der Waals surface area contributed by atoms with E-state index >= 15 is 0 Å². The van der Waals surface area contributed by atoms with Crippen molar-refractivity contribution in [3.8, 4) is 28.3 Å². The van der Waals surface area contributed by atoms with E-state index in [4.69, 9.17) is 9.97 Å². The third-order valence-corrected chi connectivity index (χ3v) is 9.19. The lowest BCUT2D eigenvalue weighted by atomic mass is 9.92. The van der Waals surface area contributed by atoms with Gasteiger partial charge in [-0.3, -0.25) is 9.55 Å². The minimum Gasteiger partial charge on any atom is -0.292 e. The second kappa shape index (κ2) is 11.8. The monoisotopic (exact) mass is 589 g/mol. The maximum absolute atomic E-state index is 5.23. The van der Waals surface area contributed by atoms with Crippen LogP contribution in [0.3, 0.4) is 0 Å². The third kappa shape index (κ3) is 5.31. The predicted octanol–water partition coefficient (Wildman–Crippen LogP) is 11.3. The number of aromatic nitrogens is 3. The van der Waals surface area contributed by atoms with Crippen LogP contribution >= 0.6 is 11.8 Å². The van der Waals surface area contributed by atoms with Crippen molar-refractivity contribution in [2.45, 2.75) is 49.3 Å². The Morgan fingerprint density at radius 2 is 1.20 bits per heavy atom. The Kier molecular flexibility index (Phi) is 7.53. The lowest BCUT2D eigenvalue weighted by Gasteiger charge is -2.22. The molecule has 0 saturated carbocycles. The predicted molar refractivity (Wildman–Crippen MR) is 186 cm³/mol. The van der Waals surface area contributed by atoms with Gasteiger partial charge in [0.15, 0.2) is 0 Å². The molecule has 0 unspecified atom stereocenters. The minimum absolute atomic E-state index is 0.379. The highest BCUT2D eigenvalue weighted by Gasteiger charge is 2.22. The van der Waals surface area contributed by atoms with E-state index in [2.05, 4.69) is 154 Å². The molecule has 0 saturated heterocycles. The summed E-state index contributed by atoms with van der Waals surface area (Å²) in [6.07, 6.45) is 1.96. The molecule has 5 aromatic carbocycles. The van der Waals surface area contributed by atoms with Crippen molar-refractivity contribution in [2.75, 3.05) is 0 Å². The maximum atomic E-state index is 5.23. The van der Waals surface area contributed by atoms with Crippen molar-refractivity contribution in [1.29, 1.82) is 0 Å². The van der Waals surface area contributed by atoms with Crippen LogP contribution in [0.25, 0.3) is 50.1 Å². The molecule has 2 aromatic heterocycles. The van der Waals surface area contributed by atoms with E-state index in [0.29, 0.717) is 11.8 Å². The summed E-state index contributed by atoms with van der Waals surface area (Å²) in [6.45, 7) is 9.11. The Labute approximate surface area is 263 Å². The number of hydrogen-bond donors (Lipinski definition) is 0. The van der Waals surface area contributed by atoms with E-state index in [1.54, 1.807) is 11.8 Å². The standard InChI is InChI=1S/C40H35N3S/c1-26(2)34-18-11-19-35(27(3)4)39(34)43-38-21-8-7-20-36(38)42-40(43)30-15-10-17-33(23-30)44-32-16-9-14-29(22-32)37-24-28-12-5-6-13-31(28)25-41-37/h5-27H,1-4H3. The van der Waals surface area contributed by atoms with Crippen LogP contribution in [0.4, 0.5) is 0 Å². The van der Waals surface area contributed by atoms with Crippen molar-refractivity contribution in [3.63, 3.8) is 0 Å². The van der Waals surface area contributed by atoms with E-state index in [-0.39, 0.29) is 0 Å². The van der Waals surface area contributed by atoms with Gasteiger partial charge in [-0.15, -0.1) is 0 Å². The largest absolute Gasteiger partial charge is 0.292 e. The van der Waals surface area contributed by atoms with Crippen LogP contribution in [0.2, 0.25) is 0 Å². The molecule has 0 bridgehead atoms. The minimum atomic E-state index is 0.379. The summed E-state index contributed by atoms with van der Waals surface area (Å²) in [6, 6.07) is 43.2. The molecule has 7 aromatic rings. The first kappa shape index (κ1) is 28.1. The summed E-state index contributed by atoms with van der Waals surface area (Å²) >= 11 is 1.77. The van der Waals surface area contributed by atoms with Gasteiger partial charge in [0.05, 0.1) is 22.4 Å². The average Bonchev–Trinajstić information content (AvgIpc) is 3.44. The molecule has 0 aliphatic heterocycles. The molecule has 4 heteroatoms. The first-order chi connectivity index (χ1) is 21.5. The van der Waals surface area contributed by atoms with Gasteiger partial charge < -0.3 is 0 Å². The molecule has 0 amide bonds. The lowest BCUT2D eigenvalue weighted by molar-refractivity contribution is 0.811. The molecule has 0 atom stereocenters. The molecular weight excluding hydrogens is 555 g/mol. The van der Waals surface area contributed by atoms with Crippen LogP contribution in [-0.4, -0.2) is 14.5 Å². The van der Waals surface area contributed by atoms with E-state index < -0.39 is 0 Å². The number of pyridine rings is 1. The Morgan fingerprint density at radius 1 is 0.591 bits per heavy atom. The van der Waals surface area contributed by atoms with Gasteiger partial charge in [0, 0.05) is 32.5 Å². The number of nitrogens with zero attached hydrogens (tertiary/aromatic N) is 3. The summed E-state index contributed by atoms with van der Waals surface area (Å²) in [5.74, 6) is 1.73. The van der Waals surface area contributed by atoms with E-state index in [9.17, 15) is 0 Å². The Morgan fingerprint density at radius 3 is 1.93 bits per heavy atom. The summed E-state index contributed by atoms with van der Waals surface area (Å²) in [5.41, 5.74) is 9.27. The molecule has 0 spiro atoms. The number of fused-ring (bicyclic) bond motifs is 2. The fraction of sp³-hybridized carbons (Fsp3) is 0.150. The number of rotatable bonds is 7. The Hall–Kier alpha value is -4.67. The van der Waals surface area contributed by atoms with E-state index in [0.717, 1.165) is 39.1 Å². The van der Waals surface area contributed by atoms with Gasteiger partial charge in [0.2, 0.25) is 0 Å². The van der Waals surface area contributed by atoms with Gasteiger partial charge in [-0.1, -0.05) is 118 Å². The van der Waals surface area contributed by atoms with Crippen molar-refractivity contribution >= 4 is 33.6 Å². The normalized spacial score (nSPS) is 11.7. The molecule has 44 heavy (non-hydrogen) atoms. The summed E-state index contributed by atoms with van der Waals surface area (Å²) in [5, 5.41) is 2.35. The van der Waals surface area contributed by atoms with Crippen LogP contribution in [0, 0.1) is 0 Å². The van der Waals surface area contributed by atoms with Crippen LogP contribution in [0.15, 0.2) is 137 Å². The molecule has 0 N–H and O–H groups in total. The summed E-state index contributed by atoms with van der Waals surface area (Å²) < 4.78 is 2.40. The fourth-order valence-corrected chi connectivity index (χ4v) is 6.95. The molecule has 0 radical (unpaired) electrons. The van der Waals surface area contributed by atoms with Crippen molar-refractivity contribution < 1.29 is 0 Å². The maximum Gasteiger partial charge on any atom is 0.145 e. The van der Waals surface area contributed by atoms with Gasteiger partial charge in [-0.25, -0.2) is 4.98 Å².